The van der Waals surface area contributed by atoms with Gasteiger partial charge in [-0.2, -0.15) is 0 Å². The van der Waals surface area contributed by atoms with Gasteiger partial charge < -0.3 is 5.32 Å². The van der Waals surface area contributed by atoms with Crippen molar-refractivity contribution < 1.29 is 4.39 Å². The van der Waals surface area contributed by atoms with E-state index in [0.717, 1.165) is 26.1 Å². The van der Waals surface area contributed by atoms with Gasteiger partial charge in [0, 0.05) is 32.2 Å². The zero-order valence-corrected chi connectivity index (χ0v) is 12.5. The third kappa shape index (κ3) is 4.06. The fourth-order valence-electron chi connectivity index (χ4n) is 2.91. The number of hydrogen-bond donors (Lipinski definition) is 1. The van der Waals surface area contributed by atoms with Crippen LogP contribution in [-0.4, -0.2) is 36.7 Å². The molecule has 0 amide bonds. The van der Waals surface area contributed by atoms with Gasteiger partial charge in [0.1, 0.15) is 6.17 Å². The zero-order chi connectivity index (χ0) is 11.7. The van der Waals surface area contributed by atoms with Gasteiger partial charge in [0.05, 0.1) is 0 Å². The van der Waals surface area contributed by atoms with Crippen molar-refractivity contribution in [3.63, 3.8) is 0 Å². The Bertz CT molecular complexity index is 403. The summed E-state index contributed by atoms with van der Waals surface area (Å²) in [5, 5.41) is 3.55. The first-order valence-corrected chi connectivity index (χ1v) is 6.48. The lowest BCUT2D eigenvalue weighted by Crippen LogP contribution is -2.44. The van der Waals surface area contributed by atoms with Gasteiger partial charge in [0.15, 0.2) is 0 Å². The fourth-order valence-corrected chi connectivity index (χ4v) is 2.91. The number of nitrogens with one attached hydrogen (secondary N) is 1. The Morgan fingerprint density at radius 1 is 1.21 bits per heavy atom. The molecule has 0 spiro atoms. The highest BCUT2D eigenvalue weighted by Crippen LogP contribution is 2.18. The molecule has 1 N–H and O–H groups in total. The molecular weight excluding hydrogens is 286 g/mol. The minimum absolute atomic E-state index is 0. The lowest BCUT2D eigenvalue weighted by Gasteiger charge is -2.29. The first-order valence-electron chi connectivity index (χ1n) is 6.48. The fraction of sp³-hybridized carbons (Fsp3) is 0.571. The summed E-state index contributed by atoms with van der Waals surface area (Å²) in [5.74, 6) is 0. The van der Waals surface area contributed by atoms with Crippen molar-refractivity contribution in [1.29, 1.82) is 0 Å². The van der Waals surface area contributed by atoms with Crippen molar-refractivity contribution in [2.75, 3.05) is 19.6 Å². The van der Waals surface area contributed by atoms with Crippen molar-refractivity contribution >= 4 is 24.8 Å². The van der Waals surface area contributed by atoms with Crippen molar-refractivity contribution in [2.24, 2.45) is 0 Å². The number of nitrogens with zero attached hydrogens (tertiary/aromatic N) is 1. The molecule has 2 aliphatic heterocycles. The van der Waals surface area contributed by atoms with Crippen LogP contribution in [-0.2, 0) is 13.0 Å². The van der Waals surface area contributed by atoms with E-state index < -0.39 is 6.17 Å². The number of benzene rings is 1. The molecule has 2 heterocycles. The molecule has 2 atom stereocenters. The highest BCUT2D eigenvalue weighted by Gasteiger charge is 2.25. The van der Waals surface area contributed by atoms with Crippen molar-refractivity contribution in [2.45, 2.75) is 31.6 Å². The summed E-state index contributed by atoms with van der Waals surface area (Å²) >= 11 is 0. The molecule has 2 aliphatic rings. The summed E-state index contributed by atoms with van der Waals surface area (Å²) < 4.78 is 13.1. The molecule has 1 saturated heterocycles. The molecular formula is C14H21Cl2FN2. The van der Waals surface area contributed by atoms with Gasteiger partial charge in [-0.3, -0.25) is 4.90 Å². The van der Waals surface area contributed by atoms with E-state index in [9.17, 15) is 4.39 Å². The van der Waals surface area contributed by atoms with Gasteiger partial charge in [-0.15, -0.1) is 24.8 Å². The molecule has 0 bridgehead atoms. The lowest BCUT2D eigenvalue weighted by molar-refractivity contribution is 0.255. The van der Waals surface area contributed by atoms with Crippen LogP contribution in [0.15, 0.2) is 24.3 Å². The molecule has 19 heavy (non-hydrogen) atoms. The predicted molar refractivity (Wildman–Crippen MR) is 81.2 cm³/mol. The van der Waals surface area contributed by atoms with Crippen LogP contribution in [0.25, 0.3) is 0 Å². The van der Waals surface area contributed by atoms with Gasteiger partial charge in [0.25, 0.3) is 0 Å². The molecule has 1 aromatic rings. The van der Waals surface area contributed by atoms with E-state index in [1.54, 1.807) is 0 Å². The minimum Gasteiger partial charge on any atom is -0.308 e. The Hall–Kier alpha value is -0.350. The largest absolute Gasteiger partial charge is 0.308 e. The van der Waals surface area contributed by atoms with E-state index >= 15 is 0 Å². The lowest BCUT2D eigenvalue weighted by atomic mass is 9.96. The monoisotopic (exact) mass is 306 g/mol. The normalized spacial score (nSPS) is 26.2. The van der Waals surface area contributed by atoms with Crippen molar-refractivity contribution in [1.82, 2.24) is 10.2 Å². The summed E-state index contributed by atoms with van der Waals surface area (Å²) in [6, 6.07) is 9.08. The SMILES string of the molecule is Cl.Cl.F[C@@H]1CCN(C[C@@H]2Cc3ccccc3CN2)C1. The molecule has 0 saturated carbocycles. The number of likely N-dealkylation sites (tertiary alicyclic amines) is 1. The molecule has 1 fully saturated rings. The molecule has 0 aromatic heterocycles. The molecule has 1 aromatic carbocycles. The van der Waals surface area contributed by atoms with Gasteiger partial charge in [-0.05, 0) is 24.0 Å². The summed E-state index contributed by atoms with van der Waals surface area (Å²) in [6.07, 6.45) is 1.18. The summed E-state index contributed by atoms with van der Waals surface area (Å²) in [5.41, 5.74) is 2.86. The Balaban J connectivity index is 0.000000902. The van der Waals surface area contributed by atoms with Crippen LogP contribution in [0.4, 0.5) is 4.39 Å². The number of fused-ring (bicyclic) bond motifs is 1. The van der Waals surface area contributed by atoms with Crippen LogP contribution in [0.5, 0.6) is 0 Å². The van der Waals surface area contributed by atoms with Crippen molar-refractivity contribution in [3.05, 3.63) is 35.4 Å². The number of alkyl halides is 1. The molecule has 0 unspecified atom stereocenters. The van der Waals surface area contributed by atoms with Crippen LogP contribution >= 0.6 is 24.8 Å². The zero-order valence-electron chi connectivity index (χ0n) is 10.8. The van der Waals surface area contributed by atoms with E-state index in [2.05, 4.69) is 34.5 Å². The van der Waals surface area contributed by atoms with E-state index in [1.165, 1.54) is 11.1 Å². The van der Waals surface area contributed by atoms with Gasteiger partial charge in [-0.25, -0.2) is 4.39 Å². The molecule has 108 valence electrons. The third-order valence-corrected chi connectivity index (χ3v) is 3.86. The van der Waals surface area contributed by atoms with Crippen LogP contribution in [0.2, 0.25) is 0 Å². The van der Waals surface area contributed by atoms with Crippen LogP contribution in [0, 0.1) is 0 Å². The summed E-state index contributed by atoms with van der Waals surface area (Å²) in [6.45, 7) is 3.48. The number of halogens is 3. The van der Waals surface area contributed by atoms with E-state index in [0.29, 0.717) is 19.0 Å². The Kier molecular flexibility index (Phi) is 6.54. The average molecular weight is 307 g/mol. The van der Waals surface area contributed by atoms with Crippen LogP contribution in [0.1, 0.15) is 17.5 Å². The minimum atomic E-state index is -0.606. The predicted octanol–water partition coefficient (Wildman–Crippen LogP) is 2.59. The second kappa shape index (κ2) is 7.44. The second-order valence-corrected chi connectivity index (χ2v) is 5.20. The van der Waals surface area contributed by atoms with Gasteiger partial charge in [0.2, 0.25) is 0 Å². The van der Waals surface area contributed by atoms with Crippen molar-refractivity contribution in [3.8, 4) is 0 Å². The van der Waals surface area contributed by atoms with Gasteiger partial charge >= 0.3 is 0 Å². The third-order valence-electron chi connectivity index (χ3n) is 3.86. The Morgan fingerprint density at radius 2 is 1.95 bits per heavy atom. The number of hydrogen-bond acceptors (Lipinski definition) is 2. The Morgan fingerprint density at radius 3 is 2.63 bits per heavy atom. The maximum absolute atomic E-state index is 13.1. The van der Waals surface area contributed by atoms with E-state index in [1.807, 2.05) is 0 Å². The highest BCUT2D eigenvalue weighted by molar-refractivity contribution is 5.85. The topological polar surface area (TPSA) is 15.3 Å². The quantitative estimate of drug-likeness (QED) is 0.903. The molecule has 0 radical (unpaired) electrons. The average Bonchev–Trinajstić information content (AvgIpc) is 2.75. The summed E-state index contributed by atoms with van der Waals surface area (Å²) in [4.78, 5) is 2.25. The van der Waals surface area contributed by atoms with Crippen LogP contribution < -0.4 is 5.32 Å². The summed E-state index contributed by atoms with van der Waals surface area (Å²) in [7, 11) is 0. The maximum atomic E-state index is 13.1. The standard InChI is InChI=1S/C14H19FN2.2ClH/c15-13-5-6-17(9-13)10-14-7-11-3-1-2-4-12(11)8-16-14;;/h1-4,13-14,16H,5-10H2;2*1H/t13-,14+;;/m1../s1. The maximum Gasteiger partial charge on any atom is 0.114 e. The molecule has 5 heteroatoms. The molecule has 2 nitrogen and oxygen atoms in total. The van der Waals surface area contributed by atoms with Gasteiger partial charge in [-0.1, -0.05) is 24.3 Å². The highest BCUT2D eigenvalue weighted by atomic mass is 35.5. The number of rotatable bonds is 2. The van der Waals surface area contributed by atoms with Crippen LogP contribution in [0.3, 0.4) is 0 Å². The van der Waals surface area contributed by atoms with E-state index in [4.69, 9.17) is 0 Å². The molecule has 0 aliphatic carbocycles. The second-order valence-electron chi connectivity index (χ2n) is 5.20. The Labute approximate surface area is 126 Å². The van der Waals surface area contributed by atoms with E-state index in [-0.39, 0.29) is 24.8 Å². The first kappa shape index (κ1) is 16.7. The molecule has 3 rings (SSSR count). The first-order chi connectivity index (χ1) is 8.31. The smallest absolute Gasteiger partial charge is 0.114 e.